The second-order valence-electron chi connectivity index (χ2n) is 4.83. The van der Waals surface area contributed by atoms with Crippen molar-refractivity contribution in [2.24, 2.45) is 0 Å². The quantitative estimate of drug-likeness (QED) is 0.786. The monoisotopic (exact) mass is 265 g/mol. The highest BCUT2D eigenvalue weighted by Crippen LogP contribution is 2.14. The van der Waals surface area contributed by atoms with Gasteiger partial charge in [-0.15, -0.1) is 0 Å². The topological polar surface area (TPSA) is 58.6 Å². The molecule has 0 saturated carbocycles. The molecule has 2 atom stereocenters. The Morgan fingerprint density at radius 1 is 1.42 bits per heavy atom. The van der Waals surface area contributed by atoms with Crippen molar-refractivity contribution in [1.82, 2.24) is 5.32 Å². The third-order valence-electron chi connectivity index (χ3n) is 3.49. The molecule has 0 aliphatic heterocycles. The van der Waals surface area contributed by atoms with E-state index in [0.29, 0.717) is 12.8 Å². The van der Waals surface area contributed by atoms with E-state index in [1.165, 1.54) is 7.11 Å². The Kier molecular flexibility index (Phi) is 5.99. The lowest BCUT2D eigenvalue weighted by Gasteiger charge is -2.28. The second-order valence-corrected chi connectivity index (χ2v) is 4.83. The molecule has 0 bridgehead atoms. The molecule has 1 amide bonds. The lowest BCUT2D eigenvalue weighted by Crippen LogP contribution is -2.51. The van der Waals surface area contributed by atoms with Gasteiger partial charge < -0.3 is 15.2 Å². The number of rotatable bonds is 7. The molecule has 0 saturated heterocycles. The zero-order valence-electron chi connectivity index (χ0n) is 11.8. The van der Waals surface area contributed by atoms with Crippen LogP contribution in [0.25, 0.3) is 0 Å². The highest BCUT2D eigenvalue weighted by Gasteiger charge is 2.32. The molecular weight excluding hydrogens is 242 g/mol. The Labute approximate surface area is 114 Å². The summed E-state index contributed by atoms with van der Waals surface area (Å²) < 4.78 is 5.25. The molecule has 0 fully saturated rings. The molecule has 1 aromatic rings. The number of hydrogen-bond donors (Lipinski definition) is 2. The van der Waals surface area contributed by atoms with Gasteiger partial charge in [-0.2, -0.15) is 0 Å². The van der Waals surface area contributed by atoms with Crippen LogP contribution >= 0.6 is 0 Å². The van der Waals surface area contributed by atoms with Gasteiger partial charge in [0.05, 0.1) is 12.6 Å². The molecule has 0 aliphatic carbocycles. The zero-order chi connectivity index (χ0) is 14.3. The van der Waals surface area contributed by atoms with Crippen molar-refractivity contribution in [1.29, 1.82) is 0 Å². The number of amides is 1. The summed E-state index contributed by atoms with van der Waals surface area (Å²) in [5.41, 5.74) is 0.238. The minimum atomic E-state index is -0.843. The number of aliphatic hydroxyl groups is 1. The van der Waals surface area contributed by atoms with E-state index >= 15 is 0 Å². The molecule has 1 rings (SSSR count). The van der Waals surface area contributed by atoms with Gasteiger partial charge in [-0.25, -0.2) is 0 Å². The van der Waals surface area contributed by atoms with Crippen molar-refractivity contribution in [3.63, 3.8) is 0 Å². The first-order chi connectivity index (χ1) is 9.05. The van der Waals surface area contributed by atoms with Gasteiger partial charge >= 0.3 is 0 Å². The first-order valence-corrected chi connectivity index (χ1v) is 6.56. The van der Waals surface area contributed by atoms with Crippen LogP contribution in [0.1, 0.15) is 25.8 Å². The Hall–Kier alpha value is -1.39. The van der Waals surface area contributed by atoms with Gasteiger partial charge in [0.1, 0.15) is 5.60 Å². The largest absolute Gasteiger partial charge is 0.394 e. The molecule has 1 aromatic carbocycles. The van der Waals surface area contributed by atoms with E-state index in [-0.39, 0.29) is 18.6 Å². The number of hydrogen-bond acceptors (Lipinski definition) is 3. The van der Waals surface area contributed by atoms with Gasteiger partial charge in [0.25, 0.3) is 5.91 Å². The summed E-state index contributed by atoms with van der Waals surface area (Å²) in [4.78, 5) is 12.1. The van der Waals surface area contributed by atoms with Crippen molar-refractivity contribution >= 4 is 5.91 Å². The highest BCUT2D eigenvalue weighted by molar-refractivity contribution is 5.85. The van der Waals surface area contributed by atoms with E-state index in [4.69, 9.17) is 4.74 Å². The minimum Gasteiger partial charge on any atom is -0.394 e. The molecule has 0 spiro atoms. The van der Waals surface area contributed by atoms with E-state index in [9.17, 15) is 9.90 Å². The molecule has 0 radical (unpaired) electrons. The fourth-order valence-corrected chi connectivity index (χ4v) is 1.80. The molecule has 19 heavy (non-hydrogen) atoms. The smallest absolute Gasteiger partial charge is 0.252 e. The van der Waals surface area contributed by atoms with Gasteiger partial charge in [-0.3, -0.25) is 4.79 Å². The average molecular weight is 265 g/mol. The number of ether oxygens (including phenoxy) is 1. The van der Waals surface area contributed by atoms with Gasteiger partial charge in [0.15, 0.2) is 0 Å². The van der Waals surface area contributed by atoms with Crippen LogP contribution in [-0.2, 0) is 16.0 Å². The SMILES string of the molecule is CCC(C)(OC)C(=O)N[C@@H](CO)Cc1ccccc1. The molecule has 106 valence electrons. The maximum absolute atomic E-state index is 12.1. The zero-order valence-corrected chi connectivity index (χ0v) is 11.8. The van der Waals surface area contributed by atoms with Crippen molar-refractivity contribution in [3.05, 3.63) is 35.9 Å². The average Bonchev–Trinajstić information content (AvgIpc) is 2.46. The van der Waals surface area contributed by atoms with Crippen LogP contribution in [0, 0.1) is 0 Å². The molecule has 4 heteroatoms. The van der Waals surface area contributed by atoms with E-state index in [1.54, 1.807) is 6.92 Å². The molecule has 0 heterocycles. The Morgan fingerprint density at radius 2 is 2.05 bits per heavy atom. The number of aliphatic hydroxyl groups excluding tert-OH is 1. The number of carbonyl (C=O) groups excluding carboxylic acids is 1. The standard InChI is InChI=1S/C15H23NO3/c1-4-15(2,19-3)14(18)16-13(11-17)10-12-8-6-5-7-9-12/h5-9,13,17H,4,10-11H2,1-3H3,(H,16,18)/t13-,15?/m1/s1. The number of methoxy groups -OCH3 is 1. The number of benzene rings is 1. The summed E-state index contributed by atoms with van der Waals surface area (Å²) in [5.74, 6) is -0.188. The third-order valence-corrected chi connectivity index (χ3v) is 3.49. The lowest BCUT2D eigenvalue weighted by atomic mass is 10.0. The normalized spacial score (nSPS) is 15.6. The van der Waals surface area contributed by atoms with Crippen molar-refractivity contribution < 1.29 is 14.6 Å². The number of carbonyl (C=O) groups is 1. The minimum absolute atomic E-state index is 0.0931. The van der Waals surface area contributed by atoms with E-state index in [1.807, 2.05) is 37.3 Å². The molecular formula is C15H23NO3. The Bertz CT molecular complexity index is 388. The summed E-state index contributed by atoms with van der Waals surface area (Å²) >= 11 is 0. The van der Waals surface area contributed by atoms with Gasteiger partial charge in [0, 0.05) is 7.11 Å². The summed E-state index contributed by atoms with van der Waals surface area (Å²) in [7, 11) is 1.52. The van der Waals surface area contributed by atoms with Crippen LogP contribution in [0.4, 0.5) is 0 Å². The van der Waals surface area contributed by atoms with Crippen molar-refractivity contribution in [3.8, 4) is 0 Å². The van der Waals surface area contributed by atoms with E-state index in [0.717, 1.165) is 5.56 Å². The van der Waals surface area contributed by atoms with Gasteiger partial charge in [0.2, 0.25) is 0 Å². The first-order valence-electron chi connectivity index (χ1n) is 6.56. The highest BCUT2D eigenvalue weighted by atomic mass is 16.5. The van der Waals surface area contributed by atoms with E-state index < -0.39 is 5.60 Å². The van der Waals surface area contributed by atoms with E-state index in [2.05, 4.69) is 5.32 Å². The summed E-state index contributed by atoms with van der Waals surface area (Å²) in [6.07, 6.45) is 1.19. The molecule has 0 aromatic heterocycles. The predicted molar refractivity (Wildman–Crippen MR) is 74.9 cm³/mol. The van der Waals surface area contributed by atoms with Crippen LogP contribution < -0.4 is 5.32 Å². The Morgan fingerprint density at radius 3 is 2.53 bits per heavy atom. The lowest BCUT2D eigenvalue weighted by molar-refractivity contribution is -0.142. The Balaban J connectivity index is 2.65. The molecule has 1 unspecified atom stereocenters. The third kappa shape index (κ3) is 4.33. The van der Waals surface area contributed by atoms with Crippen LogP contribution in [0.5, 0.6) is 0 Å². The summed E-state index contributed by atoms with van der Waals surface area (Å²) in [5, 5.41) is 12.2. The first kappa shape index (κ1) is 15.7. The van der Waals surface area contributed by atoms with Crippen LogP contribution in [-0.4, -0.2) is 36.4 Å². The molecule has 2 N–H and O–H groups in total. The second kappa shape index (κ2) is 7.26. The van der Waals surface area contributed by atoms with Crippen LogP contribution in [0.2, 0.25) is 0 Å². The van der Waals surface area contributed by atoms with Crippen molar-refractivity contribution in [2.75, 3.05) is 13.7 Å². The fourth-order valence-electron chi connectivity index (χ4n) is 1.80. The van der Waals surface area contributed by atoms with Crippen molar-refractivity contribution in [2.45, 2.75) is 38.3 Å². The summed E-state index contributed by atoms with van der Waals surface area (Å²) in [6, 6.07) is 9.48. The number of nitrogens with one attached hydrogen (secondary N) is 1. The fraction of sp³-hybridized carbons (Fsp3) is 0.533. The van der Waals surface area contributed by atoms with Gasteiger partial charge in [-0.1, -0.05) is 37.3 Å². The maximum atomic E-state index is 12.1. The molecule has 0 aliphatic rings. The van der Waals surface area contributed by atoms with Gasteiger partial charge in [-0.05, 0) is 25.3 Å². The molecule has 4 nitrogen and oxygen atoms in total. The predicted octanol–water partition coefficient (Wildman–Crippen LogP) is 1.52. The van der Waals surface area contributed by atoms with Crippen LogP contribution in [0.3, 0.4) is 0 Å². The maximum Gasteiger partial charge on any atom is 0.252 e. The summed E-state index contributed by atoms with van der Waals surface area (Å²) in [6.45, 7) is 3.55. The van der Waals surface area contributed by atoms with Crippen LogP contribution in [0.15, 0.2) is 30.3 Å².